The molecule has 0 saturated heterocycles. The van der Waals surface area contributed by atoms with Crippen molar-refractivity contribution in [2.24, 2.45) is 5.41 Å². The Morgan fingerprint density at radius 2 is 1.70 bits per heavy atom. The molecule has 0 fully saturated rings. The molecular weight excluding hydrogens is 258 g/mol. The number of nitrogens with zero attached hydrogens (tertiary/aromatic N) is 1. The van der Waals surface area contributed by atoms with Gasteiger partial charge < -0.3 is 4.74 Å². The number of nitro benzene ring substituents is 1. The third-order valence-corrected chi connectivity index (χ3v) is 2.87. The van der Waals surface area contributed by atoms with Crippen molar-refractivity contribution in [1.29, 1.82) is 0 Å². The lowest BCUT2D eigenvalue weighted by Gasteiger charge is -2.17. The third kappa shape index (κ3) is 2.61. The maximum absolute atomic E-state index is 11.9. The minimum Gasteiger partial charge on any atom is -0.425 e. The van der Waals surface area contributed by atoms with E-state index in [-0.39, 0.29) is 11.7 Å². The van der Waals surface area contributed by atoms with Crippen LogP contribution in [-0.2, 0) is 4.79 Å². The predicted octanol–water partition coefficient (Wildman–Crippen LogP) is 3.70. The second-order valence-corrected chi connectivity index (χ2v) is 5.53. The highest BCUT2D eigenvalue weighted by Crippen LogP contribution is 2.33. The maximum Gasteiger partial charge on any atom is 0.316 e. The Morgan fingerprint density at radius 3 is 2.25 bits per heavy atom. The Hall–Kier alpha value is -2.43. The monoisotopic (exact) mass is 273 g/mol. The fraction of sp³-hybridized carbons (Fsp3) is 0.267. The number of rotatable bonds is 2. The highest BCUT2D eigenvalue weighted by atomic mass is 16.6. The second kappa shape index (κ2) is 4.92. The van der Waals surface area contributed by atoms with Crippen molar-refractivity contribution in [3.8, 4) is 5.75 Å². The van der Waals surface area contributed by atoms with E-state index in [2.05, 4.69) is 0 Å². The van der Waals surface area contributed by atoms with E-state index in [1.807, 2.05) is 0 Å². The summed E-state index contributed by atoms with van der Waals surface area (Å²) in [5.74, 6) is -0.0392. The summed E-state index contributed by atoms with van der Waals surface area (Å²) in [7, 11) is 0. The summed E-state index contributed by atoms with van der Waals surface area (Å²) in [5, 5.41) is 12.0. The molecule has 0 aliphatic rings. The van der Waals surface area contributed by atoms with Crippen LogP contribution in [-0.4, -0.2) is 10.9 Å². The summed E-state index contributed by atoms with van der Waals surface area (Å²) in [6.45, 7) is 5.26. The molecule has 0 saturated carbocycles. The molecular formula is C15H15NO4. The number of nitro groups is 1. The number of fused-ring (bicyclic) bond motifs is 1. The number of carbonyl (C=O) groups is 1. The molecule has 0 aromatic heterocycles. The van der Waals surface area contributed by atoms with Crippen molar-refractivity contribution in [3.63, 3.8) is 0 Å². The van der Waals surface area contributed by atoms with Crippen LogP contribution in [0.1, 0.15) is 20.8 Å². The van der Waals surface area contributed by atoms with Gasteiger partial charge in [0.15, 0.2) is 0 Å². The topological polar surface area (TPSA) is 69.4 Å². The summed E-state index contributed by atoms with van der Waals surface area (Å²) >= 11 is 0. The van der Waals surface area contributed by atoms with Crippen molar-refractivity contribution >= 4 is 22.4 Å². The molecule has 0 aliphatic carbocycles. The maximum atomic E-state index is 11.9. The number of non-ortho nitro benzene ring substituents is 1. The van der Waals surface area contributed by atoms with E-state index >= 15 is 0 Å². The zero-order chi connectivity index (χ0) is 14.9. The van der Waals surface area contributed by atoms with Crippen LogP contribution >= 0.6 is 0 Å². The van der Waals surface area contributed by atoms with Crippen molar-refractivity contribution in [1.82, 2.24) is 0 Å². The van der Waals surface area contributed by atoms with Crippen LogP contribution in [0.2, 0.25) is 0 Å². The standard InChI is InChI=1S/C15H15NO4/c1-15(2,3)14(17)20-13-9-8-12(16(18)19)10-6-4-5-7-11(10)13/h4-9H,1-3H3. The molecule has 0 spiro atoms. The highest BCUT2D eigenvalue weighted by molar-refractivity contribution is 5.96. The molecule has 0 N–H and O–H groups in total. The number of hydrogen-bond acceptors (Lipinski definition) is 4. The zero-order valence-corrected chi connectivity index (χ0v) is 11.5. The highest BCUT2D eigenvalue weighted by Gasteiger charge is 2.25. The van der Waals surface area contributed by atoms with Gasteiger partial charge in [0.2, 0.25) is 0 Å². The Balaban J connectivity index is 2.54. The third-order valence-electron chi connectivity index (χ3n) is 2.87. The summed E-state index contributed by atoms with van der Waals surface area (Å²) in [6, 6.07) is 9.62. The molecule has 5 nitrogen and oxygen atoms in total. The molecule has 2 aromatic rings. The Kier molecular flexibility index (Phi) is 3.44. The fourth-order valence-corrected chi connectivity index (χ4v) is 1.76. The Bertz CT molecular complexity index is 686. The first-order valence-electron chi connectivity index (χ1n) is 6.19. The number of carbonyl (C=O) groups excluding carboxylic acids is 1. The van der Waals surface area contributed by atoms with Crippen LogP contribution in [0.5, 0.6) is 5.75 Å². The molecule has 0 atom stereocenters. The molecule has 0 radical (unpaired) electrons. The lowest BCUT2D eigenvalue weighted by Crippen LogP contribution is -2.25. The largest absolute Gasteiger partial charge is 0.425 e. The van der Waals surface area contributed by atoms with Crippen LogP contribution < -0.4 is 4.74 Å². The lowest BCUT2D eigenvalue weighted by molar-refractivity contribution is -0.383. The first-order chi connectivity index (χ1) is 9.30. The van der Waals surface area contributed by atoms with Gasteiger partial charge in [0.1, 0.15) is 5.75 Å². The SMILES string of the molecule is CC(C)(C)C(=O)Oc1ccc([N+](=O)[O-])c2ccccc12. The van der Waals surface area contributed by atoms with Gasteiger partial charge in [-0.2, -0.15) is 0 Å². The molecule has 0 bridgehead atoms. The average Bonchev–Trinajstić information content (AvgIpc) is 2.37. The van der Waals surface area contributed by atoms with E-state index in [4.69, 9.17) is 4.74 Å². The first kappa shape index (κ1) is 14.0. The van der Waals surface area contributed by atoms with Gasteiger partial charge in [-0.1, -0.05) is 18.2 Å². The summed E-state index contributed by atoms with van der Waals surface area (Å²) in [5.41, 5.74) is -0.640. The van der Waals surface area contributed by atoms with Gasteiger partial charge >= 0.3 is 5.97 Å². The first-order valence-corrected chi connectivity index (χ1v) is 6.19. The average molecular weight is 273 g/mol. The molecule has 0 heterocycles. The zero-order valence-electron chi connectivity index (χ0n) is 11.5. The van der Waals surface area contributed by atoms with E-state index in [0.717, 1.165) is 0 Å². The Labute approximate surface area is 116 Å². The number of benzene rings is 2. The second-order valence-electron chi connectivity index (χ2n) is 5.53. The smallest absolute Gasteiger partial charge is 0.316 e. The van der Waals surface area contributed by atoms with Crippen LogP contribution in [0.25, 0.3) is 10.8 Å². The van der Waals surface area contributed by atoms with E-state index in [0.29, 0.717) is 16.5 Å². The lowest BCUT2D eigenvalue weighted by atomic mass is 9.97. The molecule has 0 amide bonds. The number of esters is 1. The van der Waals surface area contributed by atoms with Crippen LogP contribution in [0.4, 0.5) is 5.69 Å². The number of ether oxygens (including phenoxy) is 1. The normalized spacial score (nSPS) is 11.3. The molecule has 2 rings (SSSR count). The van der Waals surface area contributed by atoms with E-state index in [1.165, 1.54) is 12.1 Å². The molecule has 5 heteroatoms. The molecule has 0 aliphatic heterocycles. The predicted molar refractivity (Wildman–Crippen MR) is 75.7 cm³/mol. The number of hydrogen-bond donors (Lipinski definition) is 0. The van der Waals surface area contributed by atoms with Gasteiger partial charge in [0.25, 0.3) is 5.69 Å². The van der Waals surface area contributed by atoms with Crippen molar-refractivity contribution < 1.29 is 14.5 Å². The summed E-state index contributed by atoms with van der Waals surface area (Å²) in [6.07, 6.45) is 0. The van der Waals surface area contributed by atoms with Gasteiger partial charge in [-0.3, -0.25) is 14.9 Å². The quantitative estimate of drug-likeness (QED) is 0.362. The van der Waals surface area contributed by atoms with E-state index < -0.39 is 10.3 Å². The molecule has 104 valence electrons. The Morgan fingerprint density at radius 1 is 1.10 bits per heavy atom. The minimum absolute atomic E-state index is 0.00356. The van der Waals surface area contributed by atoms with Gasteiger partial charge in [0.05, 0.1) is 15.7 Å². The van der Waals surface area contributed by atoms with Crippen LogP contribution in [0.3, 0.4) is 0 Å². The van der Waals surface area contributed by atoms with Gasteiger partial charge in [0, 0.05) is 11.5 Å². The molecule has 20 heavy (non-hydrogen) atoms. The van der Waals surface area contributed by atoms with Crippen LogP contribution in [0.15, 0.2) is 36.4 Å². The molecule has 0 unspecified atom stereocenters. The molecule has 2 aromatic carbocycles. The van der Waals surface area contributed by atoms with E-state index in [1.54, 1.807) is 45.0 Å². The fourth-order valence-electron chi connectivity index (χ4n) is 1.76. The van der Waals surface area contributed by atoms with Crippen molar-refractivity contribution in [2.45, 2.75) is 20.8 Å². The van der Waals surface area contributed by atoms with Crippen LogP contribution in [0, 0.1) is 15.5 Å². The van der Waals surface area contributed by atoms with Crippen molar-refractivity contribution in [3.05, 3.63) is 46.5 Å². The van der Waals surface area contributed by atoms with Gasteiger partial charge in [-0.15, -0.1) is 0 Å². The van der Waals surface area contributed by atoms with Crippen molar-refractivity contribution in [2.75, 3.05) is 0 Å². The minimum atomic E-state index is -0.636. The summed E-state index contributed by atoms with van der Waals surface area (Å²) < 4.78 is 5.37. The van der Waals surface area contributed by atoms with Gasteiger partial charge in [-0.05, 0) is 32.9 Å². The summed E-state index contributed by atoms with van der Waals surface area (Å²) in [4.78, 5) is 22.5. The van der Waals surface area contributed by atoms with E-state index in [9.17, 15) is 14.9 Å². The van der Waals surface area contributed by atoms with Gasteiger partial charge in [-0.25, -0.2) is 0 Å².